The highest BCUT2D eigenvalue weighted by Crippen LogP contribution is 2.24. The second kappa shape index (κ2) is 11.6. The summed E-state index contributed by atoms with van der Waals surface area (Å²) in [6.07, 6.45) is 4.39. The Morgan fingerprint density at radius 1 is 1.16 bits per heavy atom. The molecule has 0 fully saturated rings. The van der Waals surface area contributed by atoms with Crippen LogP contribution < -0.4 is 5.73 Å². The first kappa shape index (κ1) is 23.1. The predicted molar refractivity (Wildman–Crippen MR) is 107 cm³/mol. The van der Waals surface area contributed by atoms with E-state index in [0.29, 0.717) is 5.69 Å². The molecule has 0 bridgehead atoms. The molecule has 3 N–H and O–H groups in total. The standard InChI is InChI=1S/C12H16N4O.C6H14.C2H6/c1-12(2,8-17)16-11(7-14-15-16)9-3-5-10(13)6-4-9;1-4-5-6(2)3;1-2/h3-7,17H,8,13H2,1-2H3;6H,4-5H2,1-3H3;1-2H3. The van der Waals surface area contributed by atoms with Crippen LogP contribution in [0.15, 0.2) is 30.5 Å². The molecule has 0 saturated carbocycles. The highest BCUT2D eigenvalue weighted by molar-refractivity contribution is 5.61. The average Bonchev–Trinajstić information content (AvgIpc) is 3.08. The van der Waals surface area contributed by atoms with Gasteiger partial charge in [-0.25, -0.2) is 4.68 Å². The van der Waals surface area contributed by atoms with Crippen LogP contribution in [0.4, 0.5) is 5.69 Å². The fourth-order valence-corrected chi connectivity index (χ4v) is 2.18. The highest BCUT2D eigenvalue weighted by atomic mass is 16.3. The van der Waals surface area contributed by atoms with E-state index in [1.807, 2.05) is 52.0 Å². The van der Waals surface area contributed by atoms with Crippen LogP contribution in [0.3, 0.4) is 0 Å². The Balaban J connectivity index is 0.000000614. The van der Waals surface area contributed by atoms with E-state index in [2.05, 4.69) is 31.1 Å². The number of anilines is 1. The van der Waals surface area contributed by atoms with E-state index in [4.69, 9.17) is 5.73 Å². The van der Waals surface area contributed by atoms with E-state index < -0.39 is 5.54 Å². The average molecular weight is 349 g/mol. The molecule has 0 radical (unpaired) electrons. The van der Waals surface area contributed by atoms with Crippen molar-refractivity contribution in [1.82, 2.24) is 15.0 Å². The fraction of sp³-hybridized carbons (Fsp3) is 0.600. The van der Waals surface area contributed by atoms with E-state index in [-0.39, 0.29) is 6.61 Å². The Morgan fingerprint density at radius 2 is 1.72 bits per heavy atom. The first-order chi connectivity index (χ1) is 11.8. The van der Waals surface area contributed by atoms with Gasteiger partial charge in [-0.15, -0.1) is 5.10 Å². The number of nitrogen functional groups attached to an aromatic ring is 1. The molecule has 25 heavy (non-hydrogen) atoms. The predicted octanol–water partition coefficient (Wildman–Crippen LogP) is 4.72. The lowest BCUT2D eigenvalue weighted by Gasteiger charge is -2.24. The van der Waals surface area contributed by atoms with Gasteiger partial charge in [-0.1, -0.05) is 64.8 Å². The number of nitrogens with zero attached hydrogens (tertiary/aromatic N) is 3. The fourth-order valence-electron chi connectivity index (χ4n) is 2.18. The van der Waals surface area contributed by atoms with E-state index in [9.17, 15) is 5.11 Å². The van der Waals surface area contributed by atoms with Crippen molar-refractivity contribution in [3.63, 3.8) is 0 Å². The van der Waals surface area contributed by atoms with Gasteiger partial charge >= 0.3 is 0 Å². The minimum Gasteiger partial charge on any atom is -0.399 e. The van der Waals surface area contributed by atoms with Crippen molar-refractivity contribution < 1.29 is 5.11 Å². The van der Waals surface area contributed by atoms with Gasteiger partial charge in [0.25, 0.3) is 0 Å². The molecule has 1 aromatic carbocycles. The lowest BCUT2D eigenvalue weighted by atomic mass is 10.1. The molecule has 1 heterocycles. The summed E-state index contributed by atoms with van der Waals surface area (Å²) in [5.41, 5.74) is 7.73. The minimum atomic E-state index is -0.479. The molecule has 1 aromatic heterocycles. The third-order valence-corrected chi connectivity index (χ3v) is 3.58. The molecule has 2 rings (SSSR count). The van der Waals surface area contributed by atoms with Crippen molar-refractivity contribution in [3.05, 3.63) is 30.5 Å². The minimum absolute atomic E-state index is 0.00165. The normalized spacial score (nSPS) is 10.6. The van der Waals surface area contributed by atoms with Gasteiger partial charge < -0.3 is 10.8 Å². The number of nitrogens with two attached hydrogens (primary N) is 1. The summed E-state index contributed by atoms with van der Waals surface area (Å²) >= 11 is 0. The maximum Gasteiger partial charge on any atom is 0.0893 e. The third kappa shape index (κ3) is 7.69. The first-order valence-electron chi connectivity index (χ1n) is 9.19. The molecule has 0 aliphatic heterocycles. The van der Waals surface area contributed by atoms with Crippen LogP contribution in [-0.2, 0) is 5.54 Å². The number of hydrogen-bond donors (Lipinski definition) is 2. The Bertz CT molecular complexity index is 574. The number of aromatic nitrogens is 3. The highest BCUT2D eigenvalue weighted by Gasteiger charge is 2.23. The van der Waals surface area contributed by atoms with Crippen molar-refractivity contribution in [2.75, 3.05) is 12.3 Å². The summed E-state index contributed by atoms with van der Waals surface area (Å²) in [6, 6.07) is 7.49. The van der Waals surface area contributed by atoms with Gasteiger partial charge in [0.05, 0.1) is 24.0 Å². The summed E-state index contributed by atoms with van der Waals surface area (Å²) in [7, 11) is 0. The molecular formula is C20H36N4O. The number of hydrogen-bond acceptors (Lipinski definition) is 4. The van der Waals surface area contributed by atoms with Crippen LogP contribution in [-0.4, -0.2) is 26.7 Å². The van der Waals surface area contributed by atoms with Crippen LogP contribution in [0.1, 0.15) is 61.3 Å². The van der Waals surface area contributed by atoms with Crippen molar-refractivity contribution >= 4 is 5.69 Å². The first-order valence-corrected chi connectivity index (χ1v) is 9.19. The number of rotatable bonds is 5. The van der Waals surface area contributed by atoms with E-state index in [1.54, 1.807) is 10.9 Å². The van der Waals surface area contributed by atoms with Gasteiger partial charge in [0.2, 0.25) is 0 Å². The smallest absolute Gasteiger partial charge is 0.0893 e. The van der Waals surface area contributed by atoms with Crippen LogP contribution in [0, 0.1) is 5.92 Å². The second-order valence-corrected chi connectivity index (χ2v) is 6.81. The molecular weight excluding hydrogens is 312 g/mol. The third-order valence-electron chi connectivity index (χ3n) is 3.58. The lowest BCUT2D eigenvalue weighted by molar-refractivity contribution is 0.151. The van der Waals surface area contributed by atoms with Crippen LogP contribution in [0.2, 0.25) is 0 Å². The Kier molecular flexibility index (Phi) is 10.8. The summed E-state index contributed by atoms with van der Waals surface area (Å²) in [6.45, 7) is 14.5. The summed E-state index contributed by atoms with van der Waals surface area (Å²) in [5.74, 6) is 0.898. The zero-order valence-electron chi connectivity index (χ0n) is 17.0. The maximum absolute atomic E-state index is 9.37. The summed E-state index contributed by atoms with van der Waals surface area (Å²) in [4.78, 5) is 0. The molecule has 0 amide bonds. The molecule has 2 aromatic rings. The van der Waals surface area contributed by atoms with Gasteiger partial charge in [0.15, 0.2) is 0 Å². The Labute approximate surface area is 153 Å². The van der Waals surface area contributed by atoms with E-state index in [0.717, 1.165) is 17.2 Å². The molecule has 0 unspecified atom stereocenters. The molecule has 142 valence electrons. The van der Waals surface area contributed by atoms with Crippen molar-refractivity contribution in [2.45, 2.75) is 66.8 Å². The van der Waals surface area contributed by atoms with Gasteiger partial charge in [-0.2, -0.15) is 0 Å². The van der Waals surface area contributed by atoms with Crippen LogP contribution in [0.5, 0.6) is 0 Å². The van der Waals surface area contributed by atoms with E-state index >= 15 is 0 Å². The summed E-state index contributed by atoms with van der Waals surface area (Å²) < 4.78 is 1.72. The Morgan fingerprint density at radius 3 is 2.12 bits per heavy atom. The van der Waals surface area contributed by atoms with E-state index in [1.165, 1.54) is 12.8 Å². The van der Waals surface area contributed by atoms with Gasteiger partial charge in [-0.05, 0) is 31.9 Å². The zero-order chi connectivity index (χ0) is 19.5. The molecule has 5 nitrogen and oxygen atoms in total. The van der Waals surface area contributed by atoms with Crippen molar-refractivity contribution in [1.29, 1.82) is 0 Å². The second-order valence-electron chi connectivity index (χ2n) is 6.81. The summed E-state index contributed by atoms with van der Waals surface area (Å²) in [5, 5.41) is 17.3. The van der Waals surface area contributed by atoms with Gasteiger partial charge in [0.1, 0.15) is 0 Å². The zero-order valence-corrected chi connectivity index (χ0v) is 17.0. The Hall–Kier alpha value is -1.88. The molecule has 5 heteroatoms. The quantitative estimate of drug-likeness (QED) is 0.766. The van der Waals surface area contributed by atoms with Crippen molar-refractivity contribution in [2.24, 2.45) is 5.92 Å². The topological polar surface area (TPSA) is 77.0 Å². The van der Waals surface area contributed by atoms with Gasteiger partial charge in [0, 0.05) is 11.3 Å². The molecule has 0 aliphatic carbocycles. The molecule has 0 atom stereocenters. The maximum atomic E-state index is 9.37. The van der Waals surface area contributed by atoms with Crippen molar-refractivity contribution in [3.8, 4) is 11.3 Å². The van der Waals surface area contributed by atoms with Crippen LogP contribution in [0.25, 0.3) is 11.3 Å². The lowest BCUT2D eigenvalue weighted by Crippen LogP contribution is -2.32. The monoisotopic (exact) mass is 348 g/mol. The van der Waals surface area contributed by atoms with Gasteiger partial charge in [-0.3, -0.25) is 0 Å². The molecule has 0 saturated heterocycles. The number of aliphatic hydroxyl groups is 1. The number of benzene rings is 1. The molecule has 0 aliphatic rings. The number of aliphatic hydroxyl groups excluding tert-OH is 1. The van der Waals surface area contributed by atoms with Crippen LogP contribution >= 0.6 is 0 Å². The SMILES string of the molecule is CC.CC(C)(CO)n1nncc1-c1ccc(N)cc1.CCCC(C)C. The molecule has 0 spiro atoms. The largest absolute Gasteiger partial charge is 0.399 e.